The lowest BCUT2D eigenvalue weighted by molar-refractivity contribution is 1.08. The van der Waals surface area contributed by atoms with Crippen molar-refractivity contribution in [2.45, 2.75) is 4.90 Å². The second kappa shape index (κ2) is 1.84. The van der Waals surface area contributed by atoms with Gasteiger partial charge >= 0.3 is 0 Å². The number of fused-ring (bicyclic) bond motifs is 1. The first-order valence-corrected chi connectivity index (χ1v) is 3.60. The van der Waals surface area contributed by atoms with E-state index in [1.807, 2.05) is 12.3 Å². The van der Waals surface area contributed by atoms with Crippen LogP contribution in [0.4, 0.5) is 0 Å². The summed E-state index contributed by atoms with van der Waals surface area (Å²) in [4.78, 5) is 9.16. The van der Waals surface area contributed by atoms with Crippen molar-refractivity contribution in [2.75, 3.05) is 0 Å². The molecule has 0 aromatic carbocycles. The van der Waals surface area contributed by atoms with Crippen molar-refractivity contribution >= 4 is 17.8 Å². The van der Waals surface area contributed by atoms with Crippen molar-refractivity contribution in [3.63, 3.8) is 0 Å². The summed E-state index contributed by atoms with van der Waals surface area (Å²) >= 11 is 1.22. The minimum atomic E-state index is 1.06. The highest BCUT2D eigenvalue weighted by Crippen LogP contribution is 2.28. The Kier molecular flexibility index (Phi) is 1.02. The monoisotopic (exact) mass is 137 g/mol. The molecule has 0 aliphatic carbocycles. The lowest BCUT2D eigenvalue weighted by Crippen LogP contribution is -1.81. The second-order valence-corrected chi connectivity index (χ2v) is 2.78. The van der Waals surface area contributed by atoms with Crippen molar-refractivity contribution in [3.05, 3.63) is 23.6 Å². The van der Waals surface area contributed by atoms with E-state index >= 15 is 0 Å². The first-order valence-electron chi connectivity index (χ1n) is 2.64. The third-order valence-corrected chi connectivity index (χ3v) is 2.09. The van der Waals surface area contributed by atoms with E-state index in [-0.39, 0.29) is 0 Å². The summed E-state index contributed by atoms with van der Waals surface area (Å²) in [5.41, 5.74) is 1.06. The number of nitrogens with zero attached hydrogens (tertiary/aromatic N) is 2. The molecule has 0 unspecified atom stereocenters. The van der Waals surface area contributed by atoms with Crippen molar-refractivity contribution in [1.29, 1.82) is 0 Å². The predicted octanol–water partition coefficient (Wildman–Crippen LogP) is 1.29. The highest BCUT2D eigenvalue weighted by Gasteiger charge is 2.02. The van der Waals surface area contributed by atoms with Crippen LogP contribution in [-0.2, 0) is 0 Å². The number of aromatic nitrogens is 2. The van der Waals surface area contributed by atoms with Gasteiger partial charge in [-0.05, 0) is 11.5 Å². The molecule has 2 nitrogen and oxygen atoms in total. The normalized spacial score (nSPS) is 13.8. The topological polar surface area (TPSA) is 25.8 Å². The van der Waals surface area contributed by atoms with Gasteiger partial charge in [0.15, 0.2) is 0 Å². The average molecular weight is 137 g/mol. The molecule has 45 valence electrons. The lowest BCUT2D eigenvalue weighted by Gasteiger charge is -1.91. The van der Waals surface area contributed by atoms with Gasteiger partial charge in [-0.15, -0.1) is 0 Å². The zero-order valence-corrected chi connectivity index (χ0v) is 5.55. The van der Waals surface area contributed by atoms with Gasteiger partial charge in [0, 0.05) is 11.1 Å². The maximum Gasteiger partial charge on any atom is 0.116 e. The predicted molar refractivity (Wildman–Crippen MR) is 38.3 cm³/mol. The number of hydrogen-bond donors (Lipinski definition) is 1. The Morgan fingerprint density at radius 3 is 3.33 bits per heavy atom. The Labute approximate surface area is 57.0 Å². The van der Waals surface area contributed by atoms with Crippen LogP contribution in [0.25, 0.3) is 6.08 Å². The van der Waals surface area contributed by atoms with E-state index in [1.165, 1.54) is 16.7 Å². The maximum absolute atomic E-state index is 4.05. The largest absolute Gasteiger partial charge is 0.244 e. The Balaban J connectivity index is 2.63. The van der Waals surface area contributed by atoms with Crippen LogP contribution in [0, 0.1) is 0 Å². The molecular weight excluding hydrogens is 132 g/mol. The summed E-state index contributed by atoms with van der Waals surface area (Å²) in [5.74, 6) is 0. The molecule has 0 atom stereocenters. The molecule has 2 heterocycles. The van der Waals surface area contributed by atoms with Crippen LogP contribution in [-0.4, -0.2) is 9.97 Å². The van der Waals surface area contributed by atoms with Gasteiger partial charge in [0.2, 0.25) is 0 Å². The quantitative estimate of drug-likeness (QED) is 0.545. The third-order valence-electron chi connectivity index (χ3n) is 1.17. The molecule has 0 spiro atoms. The molecule has 3 heteroatoms. The Morgan fingerprint density at radius 1 is 1.44 bits per heavy atom. The zero-order chi connectivity index (χ0) is 6.10. The molecule has 0 saturated heterocycles. The van der Waals surface area contributed by atoms with Crippen LogP contribution in [0.5, 0.6) is 0 Å². The van der Waals surface area contributed by atoms with Crippen LogP contribution in [0.2, 0.25) is 0 Å². The number of hydrogen-bond acceptors (Lipinski definition) is 2. The molecule has 2 rings (SSSR count). The van der Waals surface area contributed by atoms with Crippen molar-refractivity contribution in [1.82, 2.24) is 9.97 Å². The molecule has 0 amide bonds. The van der Waals surface area contributed by atoms with Gasteiger partial charge in [-0.3, -0.25) is 0 Å². The fraction of sp³-hybridized carbons (Fsp3) is 0. The SMILES string of the molecule is C1=Cc2ncncc2[SH]1. The minimum absolute atomic E-state index is 1.06. The van der Waals surface area contributed by atoms with E-state index < -0.39 is 0 Å². The summed E-state index contributed by atoms with van der Waals surface area (Å²) < 4.78 is 0. The highest BCUT2D eigenvalue weighted by molar-refractivity contribution is 8.02. The molecule has 1 aromatic rings. The fourth-order valence-corrected chi connectivity index (χ4v) is 1.52. The van der Waals surface area contributed by atoms with Gasteiger partial charge in [0.1, 0.15) is 6.33 Å². The fourth-order valence-electron chi connectivity index (χ4n) is 0.748. The number of thiol groups is 1. The van der Waals surface area contributed by atoms with E-state index in [0.29, 0.717) is 0 Å². The zero-order valence-electron chi connectivity index (χ0n) is 4.65. The van der Waals surface area contributed by atoms with Gasteiger partial charge in [-0.2, -0.15) is 11.8 Å². The van der Waals surface area contributed by atoms with E-state index in [1.54, 1.807) is 6.33 Å². The molecule has 0 N–H and O–H groups in total. The van der Waals surface area contributed by atoms with Crippen LogP contribution in [0.3, 0.4) is 0 Å². The van der Waals surface area contributed by atoms with Crippen LogP contribution in [0.1, 0.15) is 5.69 Å². The summed E-state index contributed by atoms with van der Waals surface area (Å²) in [7, 11) is 0. The van der Waals surface area contributed by atoms with E-state index in [0.717, 1.165) is 5.69 Å². The summed E-state index contributed by atoms with van der Waals surface area (Å²) in [5, 5.41) is 2.07. The third kappa shape index (κ3) is 0.733. The van der Waals surface area contributed by atoms with Gasteiger partial charge in [0.25, 0.3) is 0 Å². The Hall–Kier alpha value is -0.830. The van der Waals surface area contributed by atoms with E-state index in [2.05, 4.69) is 15.4 Å². The van der Waals surface area contributed by atoms with Crippen LogP contribution in [0.15, 0.2) is 22.8 Å². The van der Waals surface area contributed by atoms with Crippen LogP contribution < -0.4 is 0 Å². The Bertz CT molecular complexity index is 257. The van der Waals surface area contributed by atoms with Crippen LogP contribution >= 0.6 is 11.8 Å². The van der Waals surface area contributed by atoms with Gasteiger partial charge in [-0.1, -0.05) is 0 Å². The Morgan fingerprint density at radius 2 is 2.44 bits per heavy atom. The highest BCUT2D eigenvalue weighted by atomic mass is 32.2. The standard InChI is InChI=1S/C6H5N2S/c1-2-9-6-3-7-4-8-5(1)6/h1-4,9H. The molecular formula is C6H5N2S. The molecule has 1 radical (unpaired) electrons. The first-order chi connectivity index (χ1) is 4.47. The second-order valence-electron chi connectivity index (χ2n) is 1.74. The maximum atomic E-state index is 4.05. The lowest BCUT2D eigenvalue weighted by atomic mass is 10.4. The van der Waals surface area contributed by atoms with E-state index in [4.69, 9.17) is 0 Å². The van der Waals surface area contributed by atoms with Gasteiger partial charge in [0.05, 0.1) is 5.69 Å². The summed E-state index contributed by atoms with van der Waals surface area (Å²) in [6.45, 7) is 0. The smallest absolute Gasteiger partial charge is 0.116 e. The molecule has 0 saturated carbocycles. The minimum Gasteiger partial charge on any atom is -0.244 e. The van der Waals surface area contributed by atoms with Crippen molar-refractivity contribution in [3.8, 4) is 0 Å². The van der Waals surface area contributed by atoms with Crippen molar-refractivity contribution in [2.24, 2.45) is 0 Å². The van der Waals surface area contributed by atoms with Gasteiger partial charge in [-0.25, -0.2) is 9.97 Å². The van der Waals surface area contributed by atoms with Gasteiger partial charge < -0.3 is 0 Å². The number of rotatable bonds is 0. The molecule has 1 aliphatic rings. The summed E-state index contributed by atoms with van der Waals surface area (Å²) in [6, 6.07) is 0. The summed E-state index contributed by atoms with van der Waals surface area (Å²) in [6.07, 6.45) is 5.44. The average Bonchev–Trinajstić information content (AvgIpc) is 2.33. The molecule has 0 fully saturated rings. The molecule has 9 heavy (non-hydrogen) atoms. The molecule has 1 aliphatic heterocycles. The molecule has 1 aromatic heterocycles. The molecule has 0 bridgehead atoms. The van der Waals surface area contributed by atoms with E-state index in [9.17, 15) is 0 Å². The van der Waals surface area contributed by atoms with Crippen molar-refractivity contribution < 1.29 is 0 Å². The first kappa shape index (κ1) is 4.99.